The van der Waals surface area contributed by atoms with Crippen LogP contribution in [0.2, 0.25) is 5.02 Å². The van der Waals surface area contributed by atoms with E-state index in [4.69, 9.17) is 16.3 Å². The lowest BCUT2D eigenvalue weighted by atomic mass is 10.1. The molecule has 4 heteroatoms. The highest BCUT2D eigenvalue weighted by molar-refractivity contribution is 6.30. The molecule has 1 amide bonds. The molecular formula is C18H14ClNO2. The molecule has 0 atom stereocenters. The number of benzene rings is 3. The Kier molecular flexibility index (Phi) is 4.26. The van der Waals surface area contributed by atoms with E-state index < -0.39 is 0 Å². The number of fused-ring (bicyclic) bond motifs is 1. The highest BCUT2D eigenvalue weighted by Gasteiger charge is 2.04. The molecule has 0 saturated carbocycles. The number of amides is 1. The Bertz CT molecular complexity index is 817. The molecule has 0 saturated heterocycles. The minimum atomic E-state index is -0.226. The molecule has 1 N–H and O–H groups in total. The molecule has 0 aliphatic rings. The van der Waals surface area contributed by atoms with Crippen LogP contribution in [0.5, 0.6) is 5.75 Å². The molecule has 0 heterocycles. The number of halogens is 1. The van der Waals surface area contributed by atoms with Crippen molar-refractivity contribution in [1.82, 2.24) is 0 Å². The summed E-state index contributed by atoms with van der Waals surface area (Å²) >= 11 is 5.87. The van der Waals surface area contributed by atoms with Crippen LogP contribution in [0.1, 0.15) is 0 Å². The van der Waals surface area contributed by atoms with Crippen LogP contribution in [0.3, 0.4) is 0 Å². The fourth-order valence-electron chi connectivity index (χ4n) is 2.17. The molecule has 3 rings (SSSR count). The summed E-state index contributed by atoms with van der Waals surface area (Å²) in [5.74, 6) is 0.440. The second kappa shape index (κ2) is 6.50. The predicted octanol–water partition coefficient (Wildman–Crippen LogP) is 4.51. The van der Waals surface area contributed by atoms with Gasteiger partial charge in [0, 0.05) is 10.7 Å². The van der Waals surface area contributed by atoms with Gasteiger partial charge in [-0.2, -0.15) is 0 Å². The van der Waals surface area contributed by atoms with Crippen molar-refractivity contribution in [3.63, 3.8) is 0 Å². The van der Waals surface area contributed by atoms with Crippen molar-refractivity contribution in [2.24, 2.45) is 0 Å². The first-order valence-corrected chi connectivity index (χ1v) is 7.25. The number of nitrogens with one attached hydrogen (secondary N) is 1. The van der Waals surface area contributed by atoms with Gasteiger partial charge in [0.25, 0.3) is 5.91 Å². The fraction of sp³-hybridized carbons (Fsp3) is 0.0556. The van der Waals surface area contributed by atoms with E-state index in [2.05, 4.69) is 5.32 Å². The van der Waals surface area contributed by atoms with Gasteiger partial charge in [0.15, 0.2) is 6.61 Å². The molecule has 110 valence electrons. The monoisotopic (exact) mass is 311 g/mol. The minimum absolute atomic E-state index is 0.0507. The number of hydrogen-bond donors (Lipinski definition) is 1. The molecule has 3 nitrogen and oxygen atoms in total. The second-order valence-electron chi connectivity index (χ2n) is 4.86. The third kappa shape index (κ3) is 3.57. The van der Waals surface area contributed by atoms with Gasteiger partial charge in [-0.25, -0.2) is 0 Å². The van der Waals surface area contributed by atoms with Gasteiger partial charge in [-0.3, -0.25) is 4.79 Å². The number of carbonyl (C=O) groups excluding carboxylic acids is 1. The SMILES string of the molecule is O=C(COc1ccc2ccccc2c1)Nc1cccc(Cl)c1. The van der Waals surface area contributed by atoms with E-state index >= 15 is 0 Å². The van der Waals surface area contributed by atoms with Gasteiger partial charge in [0.2, 0.25) is 0 Å². The molecular weight excluding hydrogens is 298 g/mol. The third-order valence-corrected chi connectivity index (χ3v) is 3.43. The van der Waals surface area contributed by atoms with Gasteiger partial charge < -0.3 is 10.1 Å². The maximum Gasteiger partial charge on any atom is 0.262 e. The van der Waals surface area contributed by atoms with Crippen LogP contribution in [0.4, 0.5) is 5.69 Å². The summed E-state index contributed by atoms with van der Waals surface area (Å²) < 4.78 is 5.53. The van der Waals surface area contributed by atoms with E-state index in [9.17, 15) is 4.79 Å². The normalized spacial score (nSPS) is 10.4. The molecule has 0 unspecified atom stereocenters. The Hall–Kier alpha value is -2.52. The molecule has 0 bridgehead atoms. The maximum atomic E-state index is 11.9. The lowest BCUT2D eigenvalue weighted by Gasteiger charge is -2.08. The summed E-state index contributed by atoms with van der Waals surface area (Å²) in [6.07, 6.45) is 0. The summed E-state index contributed by atoms with van der Waals surface area (Å²) in [7, 11) is 0. The number of carbonyl (C=O) groups is 1. The Morgan fingerprint density at radius 3 is 2.59 bits per heavy atom. The Morgan fingerprint density at radius 1 is 0.955 bits per heavy atom. The van der Waals surface area contributed by atoms with Crippen molar-refractivity contribution in [3.05, 3.63) is 71.8 Å². The van der Waals surface area contributed by atoms with Crippen molar-refractivity contribution >= 4 is 34.0 Å². The average Bonchev–Trinajstić information content (AvgIpc) is 2.53. The number of ether oxygens (including phenoxy) is 1. The highest BCUT2D eigenvalue weighted by atomic mass is 35.5. The van der Waals surface area contributed by atoms with Crippen LogP contribution >= 0.6 is 11.6 Å². The molecule has 0 radical (unpaired) electrons. The van der Waals surface area contributed by atoms with E-state index in [-0.39, 0.29) is 12.5 Å². The summed E-state index contributed by atoms with van der Waals surface area (Å²) in [6.45, 7) is -0.0507. The van der Waals surface area contributed by atoms with Crippen molar-refractivity contribution in [2.45, 2.75) is 0 Å². The molecule has 0 spiro atoms. The molecule has 22 heavy (non-hydrogen) atoms. The van der Waals surface area contributed by atoms with Gasteiger partial charge in [-0.1, -0.05) is 48.0 Å². The Balaban J connectivity index is 1.62. The van der Waals surface area contributed by atoms with Crippen LogP contribution in [-0.4, -0.2) is 12.5 Å². The van der Waals surface area contributed by atoms with Gasteiger partial charge in [0.05, 0.1) is 0 Å². The maximum absolute atomic E-state index is 11.9. The topological polar surface area (TPSA) is 38.3 Å². The number of anilines is 1. The van der Waals surface area contributed by atoms with Crippen molar-refractivity contribution in [1.29, 1.82) is 0 Å². The molecule has 0 aromatic heterocycles. The first-order chi connectivity index (χ1) is 10.7. The second-order valence-corrected chi connectivity index (χ2v) is 5.29. The zero-order valence-electron chi connectivity index (χ0n) is 11.8. The van der Waals surface area contributed by atoms with Gasteiger partial charge in [-0.15, -0.1) is 0 Å². The van der Waals surface area contributed by atoms with Crippen LogP contribution in [0.25, 0.3) is 10.8 Å². The van der Waals surface area contributed by atoms with Gasteiger partial charge in [0.1, 0.15) is 5.75 Å². The minimum Gasteiger partial charge on any atom is -0.484 e. The van der Waals surface area contributed by atoms with Crippen LogP contribution in [0, 0.1) is 0 Å². The van der Waals surface area contributed by atoms with E-state index in [1.165, 1.54) is 0 Å². The van der Waals surface area contributed by atoms with E-state index in [0.717, 1.165) is 10.8 Å². The summed E-state index contributed by atoms with van der Waals surface area (Å²) in [5, 5.41) is 5.54. The van der Waals surface area contributed by atoms with Gasteiger partial charge >= 0.3 is 0 Å². The lowest BCUT2D eigenvalue weighted by Crippen LogP contribution is -2.20. The Morgan fingerprint density at radius 2 is 1.77 bits per heavy atom. The Labute approximate surface area is 133 Å². The van der Waals surface area contributed by atoms with Crippen LogP contribution < -0.4 is 10.1 Å². The first-order valence-electron chi connectivity index (χ1n) is 6.88. The molecule has 0 fully saturated rings. The largest absolute Gasteiger partial charge is 0.484 e. The molecule has 3 aromatic carbocycles. The zero-order valence-corrected chi connectivity index (χ0v) is 12.5. The van der Waals surface area contributed by atoms with Crippen molar-refractivity contribution in [3.8, 4) is 5.75 Å². The fourth-order valence-corrected chi connectivity index (χ4v) is 2.36. The van der Waals surface area contributed by atoms with Crippen LogP contribution in [-0.2, 0) is 4.79 Å². The number of rotatable bonds is 4. The summed E-state index contributed by atoms with van der Waals surface area (Å²) in [4.78, 5) is 11.9. The highest BCUT2D eigenvalue weighted by Crippen LogP contribution is 2.20. The quantitative estimate of drug-likeness (QED) is 0.770. The number of hydrogen-bond acceptors (Lipinski definition) is 2. The standard InChI is InChI=1S/C18H14ClNO2/c19-15-6-3-7-16(11-15)20-18(21)12-22-17-9-8-13-4-1-2-5-14(13)10-17/h1-11H,12H2,(H,20,21). The van der Waals surface area contributed by atoms with E-state index in [1.54, 1.807) is 24.3 Å². The third-order valence-electron chi connectivity index (χ3n) is 3.20. The average molecular weight is 312 g/mol. The van der Waals surface area contributed by atoms with Gasteiger partial charge in [-0.05, 0) is 41.1 Å². The van der Waals surface area contributed by atoms with E-state index in [1.807, 2.05) is 42.5 Å². The molecule has 0 aliphatic carbocycles. The summed E-state index contributed by atoms with van der Waals surface area (Å²) in [5.41, 5.74) is 0.652. The summed E-state index contributed by atoms with van der Waals surface area (Å²) in [6, 6.07) is 20.7. The molecule has 0 aliphatic heterocycles. The van der Waals surface area contributed by atoms with E-state index in [0.29, 0.717) is 16.5 Å². The predicted molar refractivity (Wildman–Crippen MR) is 89.5 cm³/mol. The molecule has 3 aromatic rings. The lowest BCUT2D eigenvalue weighted by molar-refractivity contribution is -0.118. The van der Waals surface area contributed by atoms with Crippen LogP contribution in [0.15, 0.2) is 66.7 Å². The van der Waals surface area contributed by atoms with Crippen molar-refractivity contribution in [2.75, 3.05) is 11.9 Å². The van der Waals surface area contributed by atoms with Crippen molar-refractivity contribution < 1.29 is 9.53 Å². The first kappa shape index (κ1) is 14.4. The smallest absolute Gasteiger partial charge is 0.262 e. The zero-order chi connectivity index (χ0) is 15.4.